The van der Waals surface area contributed by atoms with E-state index in [0.717, 1.165) is 73.6 Å². The van der Waals surface area contributed by atoms with Crippen LogP contribution in [0.3, 0.4) is 0 Å². The van der Waals surface area contributed by atoms with E-state index in [-0.39, 0.29) is 60.4 Å². The molecule has 0 saturated carbocycles. The van der Waals surface area contributed by atoms with E-state index in [4.69, 9.17) is 9.47 Å². The second-order valence-electron chi connectivity index (χ2n) is 20.9. The van der Waals surface area contributed by atoms with Gasteiger partial charge in [-0.05, 0) is 163 Å². The highest BCUT2D eigenvalue weighted by Crippen LogP contribution is 2.32. The fraction of sp³-hybridized carbons (Fsp3) is 0.500. The topological polar surface area (TPSA) is 200 Å². The first-order valence-corrected chi connectivity index (χ1v) is 27.7. The van der Waals surface area contributed by atoms with Crippen LogP contribution in [0.1, 0.15) is 124 Å². The second-order valence-corrected chi connectivity index (χ2v) is 20.9. The van der Waals surface area contributed by atoms with Gasteiger partial charge in [0.2, 0.25) is 35.4 Å². The monoisotopic (exact) mass is 1040 g/mol. The van der Waals surface area contributed by atoms with Crippen molar-refractivity contribution in [1.82, 2.24) is 41.7 Å². The number of nitrogens with one attached hydrogen (secondary N) is 6. The minimum Gasteiger partial charge on any atom is -0.494 e. The number of benzene rings is 4. The number of carbonyl (C=O) groups excluding carboxylic acids is 6. The molecule has 0 unspecified atom stereocenters. The molecule has 0 radical (unpaired) electrons. The van der Waals surface area contributed by atoms with Gasteiger partial charge in [0.05, 0.1) is 37.4 Å². The number of hydrogen-bond donors (Lipinski definition) is 6. The summed E-state index contributed by atoms with van der Waals surface area (Å²) < 4.78 is 12.1. The molecule has 4 aromatic carbocycles. The molecule has 4 aromatic rings. The number of likely N-dealkylation sites (N-methyl/N-ethyl adjacent to an activating group) is 2. The van der Waals surface area contributed by atoms with Crippen LogP contribution in [0.2, 0.25) is 0 Å². The predicted octanol–water partition coefficient (Wildman–Crippen LogP) is 5.56. The Morgan fingerprint density at radius 1 is 0.526 bits per heavy atom. The van der Waals surface area contributed by atoms with Gasteiger partial charge in [-0.15, -0.1) is 0 Å². The van der Waals surface area contributed by atoms with Crippen LogP contribution in [-0.4, -0.2) is 122 Å². The van der Waals surface area contributed by atoms with Crippen molar-refractivity contribution < 1.29 is 38.2 Å². The van der Waals surface area contributed by atoms with Crippen LogP contribution < -0.4 is 41.4 Å². The van der Waals surface area contributed by atoms with Crippen molar-refractivity contribution >= 4 is 35.4 Å². The molecule has 0 spiro atoms. The van der Waals surface area contributed by atoms with E-state index in [9.17, 15) is 28.8 Å². The highest BCUT2D eigenvalue weighted by atomic mass is 16.5. The number of ether oxygens (including phenoxy) is 2. The van der Waals surface area contributed by atoms with Gasteiger partial charge in [-0.2, -0.15) is 0 Å². The molecule has 8 rings (SSSR count). The lowest BCUT2D eigenvalue weighted by atomic mass is 9.87. The van der Waals surface area contributed by atoms with E-state index in [1.165, 1.54) is 11.1 Å². The van der Waals surface area contributed by atoms with Crippen LogP contribution in [0, 0.1) is 0 Å². The molecule has 0 aromatic heterocycles. The molecule has 4 aliphatic rings. The lowest BCUT2D eigenvalue weighted by Crippen LogP contribution is -2.56. The fourth-order valence-corrected chi connectivity index (χ4v) is 11.1. The van der Waals surface area contributed by atoms with Gasteiger partial charge in [-0.3, -0.25) is 28.8 Å². The van der Waals surface area contributed by atoms with Gasteiger partial charge in [0, 0.05) is 25.9 Å². The summed E-state index contributed by atoms with van der Waals surface area (Å²) in [4.78, 5) is 85.9. The van der Waals surface area contributed by atoms with Crippen LogP contribution in [-0.2, 0) is 54.5 Å². The molecule has 8 atom stereocenters. The third-order valence-electron chi connectivity index (χ3n) is 15.7. The first kappa shape index (κ1) is 55.5. The van der Waals surface area contributed by atoms with Crippen molar-refractivity contribution in [2.45, 2.75) is 152 Å². The molecule has 2 aliphatic heterocycles. The van der Waals surface area contributed by atoms with Gasteiger partial charge < -0.3 is 51.2 Å². The second kappa shape index (κ2) is 26.8. The smallest absolute Gasteiger partial charge is 0.246 e. The number of rotatable bonds is 23. The highest BCUT2D eigenvalue weighted by molar-refractivity contribution is 5.95. The minimum atomic E-state index is -0.865. The Morgan fingerprint density at radius 3 is 1.32 bits per heavy atom. The number of amides is 6. The third kappa shape index (κ3) is 14.2. The number of nitrogens with zero attached hydrogens (tertiary/aromatic N) is 2. The average Bonchev–Trinajstić information content (AvgIpc) is 4.16. The summed E-state index contributed by atoms with van der Waals surface area (Å²) in [6.07, 6.45) is 10.2. The molecular weight excluding hydrogens is 961 g/mol. The van der Waals surface area contributed by atoms with Gasteiger partial charge in [-0.25, -0.2) is 0 Å². The summed E-state index contributed by atoms with van der Waals surface area (Å²) in [5.74, 6) is -0.0760. The van der Waals surface area contributed by atoms with E-state index in [2.05, 4.69) is 56.2 Å². The lowest BCUT2D eigenvalue weighted by Gasteiger charge is -2.32. The number of hydrogen-bond acceptors (Lipinski definition) is 10. The molecule has 76 heavy (non-hydrogen) atoms. The molecule has 6 N–H and O–H groups in total. The van der Waals surface area contributed by atoms with E-state index < -0.39 is 36.3 Å². The maximum Gasteiger partial charge on any atom is 0.246 e. The van der Waals surface area contributed by atoms with E-state index >= 15 is 0 Å². The zero-order chi connectivity index (χ0) is 53.6. The molecule has 2 saturated heterocycles. The maximum atomic E-state index is 14.3. The summed E-state index contributed by atoms with van der Waals surface area (Å²) >= 11 is 0. The Kier molecular flexibility index (Phi) is 19.6. The number of carbonyl (C=O) groups is 6. The third-order valence-corrected chi connectivity index (χ3v) is 15.7. The van der Waals surface area contributed by atoms with Gasteiger partial charge in [0.15, 0.2) is 0 Å². The highest BCUT2D eigenvalue weighted by Gasteiger charge is 2.41. The molecule has 0 bridgehead atoms. The maximum absolute atomic E-state index is 14.3. The average molecular weight is 1040 g/mol. The van der Waals surface area contributed by atoms with Gasteiger partial charge in [0.1, 0.15) is 35.7 Å². The van der Waals surface area contributed by atoms with Crippen LogP contribution in [0.25, 0.3) is 0 Å². The molecular formula is C60H78N8O8. The van der Waals surface area contributed by atoms with E-state index in [0.29, 0.717) is 63.5 Å². The molecule has 16 nitrogen and oxygen atoms in total. The molecule has 2 aliphatic carbocycles. The van der Waals surface area contributed by atoms with E-state index in [1.807, 2.05) is 72.8 Å². The SMILES string of the molecule is CN[C@@H](C)C(=O)N[C@@H](Cc1ccc(OCCCCOc2ccc(C[C@H](NC(=O)[C@H](C)NC)C(=O)N3CCC[C@H]3C(=O)N[C@@H]3CCCc4ccccc43)cc2)cc1)C(=O)N1CCC[C@H]1C(=O)N[C@@H]1CCCc2ccccc21. The summed E-state index contributed by atoms with van der Waals surface area (Å²) in [5, 5.41) is 18.4. The normalized spacial score (nSPS) is 20.5. The predicted molar refractivity (Wildman–Crippen MR) is 291 cm³/mol. The molecule has 2 heterocycles. The van der Waals surface area contributed by atoms with Crippen molar-refractivity contribution in [3.8, 4) is 11.5 Å². The fourth-order valence-electron chi connectivity index (χ4n) is 11.1. The molecule has 6 amide bonds. The summed E-state index contributed by atoms with van der Waals surface area (Å²) in [6.45, 7) is 5.30. The Hall–Kier alpha value is -6.78. The molecule has 16 heteroatoms. The van der Waals surface area contributed by atoms with Crippen molar-refractivity contribution in [2.75, 3.05) is 40.4 Å². The lowest BCUT2D eigenvalue weighted by molar-refractivity contribution is -0.141. The Labute approximate surface area is 448 Å². The first-order chi connectivity index (χ1) is 36.9. The van der Waals surface area contributed by atoms with Crippen LogP contribution in [0.15, 0.2) is 97.1 Å². The van der Waals surface area contributed by atoms with Gasteiger partial charge >= 0.3 is 0 Å². The van der Waals surface area contributed by atoms with Gasteiger partial charge in [0.25, 0.3) is 0 Å². The quantitative estimate of drug-likeness (QED) is 0.0512. The number of likely N-dealkylation sites (tertiary alicyclic amines) is 2. The van der Waals surface area contributed by atoms with Crippen molar-refractivity contribution in [2.24, 2.45) is 0 Å². The van der Waals surface area contributed by atoms with Crippen LogP contribution >= 0.6 is 0 Å². The Bertz CT molecular complexity index is 2450. The zero-order valence-corrected chi connectivity index (χ0v) is 44.7. The summed E-state index contributed by atoms with van der Waals surface area (Å²) in [7, 11) is 3.39. The van der Waals surface area contributed by atoms with Crippen molar-refractivity contribution in [3.63, 3.8) is 0 Å². The van der Waals surface area contributed by atoms with E-state index in [1.54, 1.807) is 37.7 Å². The summed E-state index contributed by atoms with van der Waals surface area (Å²) in [5.41, 5.74) is 6.48. The Balaban J connectivity index is 0.796. The zero-order valence-electron chi connectivity index (χ0n) is 44.7. The van der Waals surface area contributed by atoms with Crippen LogP contribution in [0.5, 0.6) is 11.5 Å². The van der Waals surface area contributed by atoms with Crippen LogP contribution in [0.4, 0.5) is 0 Å². The minimum absolute atomic E-state index is 0.0909. The number of fused-ring (bicyclic) bond motifs is 2. The first-order valence-electron chi connectivity index (χ1n) is 27.7. The standard InChI is InChI=1S/C60H78N8O8/c1-39(61-3)55(69)65-51(59(73)67-33-13-23-53(67)57(71)63-49-21-11-17-43-15-5-7-19-47(43)49)37-41-25-29-45(30-26-41)75-35-9-10-36-76-46-31-27-42(28-32-46)38-52(66-56(70)40(2)62-4)60(74)68-34-14-24-54(68)58(72)64-50-22-12-18-44-16-6-8-20-48(44)50/h5-8,15-16,19-20,25-32,39-40,49-54,61-62H,9-14,17-18,21-24,33-38H2,1-4H3,(H,63,71)(H,64,72)(H,65,69)(H,66,70)/t39-,40-,49+,50+,51-,52-,53-,54-/m0/s1. The van der Waals surface area contributed by atoms with Gasteiger partial charge in [-0.1, -0.05) is 72.8 Å². The summed E-state index contributed by atoms with van der Waals surface area (Å²) in [6, 6.07) is 27.4. The Morgan fingerprint density at radius 2 is 0.921 bits per heavy atom. The molecule has 406 valence electrons. The number of aryl methyl sites for hydroxylation is 2. The number of unbranched alkanes of at least 4 members (excludes halogenated alkanes) is 1. The van der Waals surface area contributed by atoms with Crippen molar-refractivity contribution in [3.05, 3.63) is 130 Å². The van der Waals surface area contributed by atoms with Crippen molar-refractivity contribution in [1.29, 1.82) is 0 Å². The largest absolute Gasteiger partial charge is 0.494 e. The molecule has 2 fully saturated rings.